The summed E-state index contributed by atoms with van der Waals surface area (Å²) < 4.78 is 5.95. The van der Waals surface area contributed by atoms with Crippen LogP contribution >= 0.6 is 0 Å². The predicted octanol–water partition coefficient (Wildman–Crippen LogP) is 16.7. The highest BCUT2D eigenvalue weighted by molar-refractivity contribution is 5.77. The standard InChI is InChI=1S/C56H107NO5/c1-4-7-10-13-16-19-21-23-25-27-29-31-33-36-38-41-44-47-52(50-55(60)57-53(51-58)54(59)48-45-42-39-35-18-15-12-9-6-3)62-56(61)49-46-43-40-37-34-32-30-28-26-24-22-20-17-14-11-8-5-2/h17,20,24,26,52-54,58-59H,4-16,18-19,21-23,25,27-51H2,1-3H3,(H,57,60)/b20-17-,26-24-. The number of amides is 1. The maximum Gasteiger partial charge on any atom is 0.306 e. The van der Waals surface area contributed by atoms with E-state index in [2.05, 4.69) is 50.4 Å². The first-order valence-electron chi connectivity index (χ1n) is 27.6. The Morgan fingerprint density at radius 1 is 0.468 bits per heavy atom. The molecule has 3 N–H and O–H groups in total. The average molecular weight is 874 g/mol. The van der Waals surface area contributed by atoms with Crippen molar-refractivity contribution in [2.24, 2.45) is 0 Å². The van der Waals surface area contributed by atoms with Gasteiger partial charge in [-0.3, -0.25) is 9.59 Å². The first kappa shape index (κ1) is 60.3. The van der Waals surface area contributed by atoms with Crippen molar-refractivity contribution in [1.82, 2.24) is 5.32 Å². The molecule has 0 heterocycles. The van der Waals surface area contributed by atoms with Gasteiger partial charge in [0.15, 0.2) is 0 Å². The van der Waals surface area contributed by atoms with E-state index in [1.807, 2.05) is 0 Å². The third kappa shape index (κ3) is 44.9. The molecular weight excluding hydrogens is 767 g/mol. The molecule has 0 aliphatic carbocycles. The number of nitrogens with one attached hydrogen (secondary N) is 1. The van der Waals surface area contributed by atoms with Crippen molar-refractivity contribution in [2.75, 3.05) is 6.61 Å². The number of allylic oxidation sites excluding steroid dienone is 4. The van der Waals surface area contributed by atoms with Crippen LogP contribution in [0.2, 0.25) is 0 Å². The fraction of sp³-hybridized carbons (Fsp3) is 0.893. The van der Waals surface area contributed by atoms with E-state index in [1.54, 1.807) is 0 Å². The molecular formula is C56H107NO5. The zero-order valence-corrected chi connectivity index (χ0v) is 41.8. The number of hydrogen-bond donors (Lipinski definition) is 3. The van der Waals surface area contributed by atoms with Crippen molar-refractivity contribution in [1.29, 1.82) is 0 Å². The van der Waals surface area contributed by atoms with Crippen molar-refractivity contribution in [3.63, 3.8) is 0 Å². The Bertz CT molecular complexity index is 981. The minimum atomic E-state index is -0.783. The highest BCUT2D eigenvalue weighted by Crippen LogP contribution is 2.19. The zero-order chi connectivity index (χ0) is 45.2. The molecule has 0 aliphatic rings. The molecule has 0 aromatic carbocycles. The van der Waals surface area contributed by atoms with E-state index in [0.29, 0.717) is 19.3 Å². The number of esters is 1. The molecule has 0 radical (unpaired) electrons. The maximum atomic E-state index is 13.2. The Balaban J connectivity index is 4.52. The smallest absolute Gasteiger partial charge is 0.306 e. The maximum absolute atomic E-state index is 13.2. The van der Waals surface area contributed by atoms with E-state index >= 15 is 0 Å². The third-order valence-corrected chi connectivity index (χ3v) is 12.8. The molecule has 366 valence electrons. The first-order valence-corrected chi connectivity index (χ1v) is 27.6. The Kier molecular flexibility index (Phi) is 49.0. The molecule has 3 atom stereocenters. The van der Waals surface area contributed by atoms with E-state index in [0.717, 1.165) is 64.2 Å². The van der Waals surface area contributed by atoms with Crippen LogP contribution in [0.4, 0.5) is 0 Å². The number of carbonyl (C=O) groups is 2. The van der Waals surface area contributed by atoms with E-state index < -0.39 is 18.2 Å². The largest absolute Gasteiger partial charge is 0.462 e. The van der Waals surface area contributed by atoms with Gasteiger partial charge in [0, 0.05) is 6.42 Å². The number of rotatable bonds is 50. The van der Waals surface area contributed by atoms with Gasteiger partial charge in [0.2, 0.25) is 5.91 Å². The van der Waals surface area contributed by atoms with E-state index in [1.165, 1.54) is 186 Å². The molecule has 0 aromatic heterocycles. The Morgan fingerprint density at radius 3 is 1.26 bits per heavy atom. The molecule has 0 saturated heterocycles. The van der Waals surface area contributed by atoms with Crippen molar-refractivity contribution in [3.8, 4) is 0 Å². The fourth-order valence-electron chi connectivity index (χ4n) is 8.58. The summed E-state index contributed by atoms with van der Waals surface area (Å²) in [5, 5.41) is 23.7. The number of hydrogen-bond acceptors (Lipinski definition) is 5. The van der Waals surface area contributed by atoms with Crippen LogP contribution < -0.4 is 5.32 Å². The molecule has 62 heavy (non-hydrogen) atoms. The van der Waals surface area contributed by atoms with Crippen LogP contribution in [-0.4, -0.2) is 46.9 Å². The minimum absolute atomic E-state index is 0.0801. The highest BCUT2D eigenvalue weighted by atomic mass is 16.5. The lowest BCUT2D eigenvalue weighted by molar-refractivity contribution is -0.151. The summed E-state index contributed by atoms with van der Waals surface area (Å²) in [6, 6.07) is -0.697. The number of ether oxygens (including phenoxy) is 1. The molecule has 0 bridgehead atoms. The second-order valence-electron chi connectivity index (χ2n) is 19.0. The summed E-state index contributed by atoms with van der Waals surface area (Å²) >= 11 is 0. The zero-order valence-electron chi connectivity index (χ0n) is 41.8. The van der Waals surface area contributed by atoms with Crippen molar-refractivity contribution in [3.05, 3.63) is 24.3 Å². The van der Waals surface area contributed by atoms with Gasteiger partial charge in [-0.25, -0.2) is 0 Å². The van der Waals surface area contributed by atoms with Crippen LogP contribution in [0.5, 0.6) is 0 Å². The van der Waals surface area contributed by atoms with Gasteiger partial charge in [-0.05, 0) is 57.8 Å². The lowest BCUT2D eigenvalue weighted by Crippen LogP contribution is -2.46. The molecule has 0 aliphatic heterocycles. The summed E-state index contributed by atoms with van der Waals surface area (Å²) in [5.41, 5.74) is 0. The van der Waals surface area contributed by atoms with Crippen LogP contribution in [0, 0.1) is 0 Å². The van der Waals surface area contributed by atoms with Gasteiger partial charge < -0.3 is 20.3 Å². The van der Waals surface area contributed by atoms with Crippen molar-refractivity contribution < 1.29 is 24.5 Å². The quantitative estimate of drug-likeness (QED) is 0.0321. The summed E-state index contributed by atoms with van der Waals surface area (Å²) in [4.78, 5) is 26.2. The normalized spacial score (nSPS) is 13.3. The second-order valence-corrected chi connectivity index (χ2v) is 19.0. The third-order valence-electron chi connectivity index (χ3n) is 12.8. The number of aliphatic hydroxyl groups excluding tert-OH is 2. The van der Waals surface area contributed by atoms with Gasteiger partial charge in [-0.2, -0.15) is 0 Å². The predicted molar refractivity (Wildman–Crippen MR) is 269 cm³/mol. The molecule has 6 heteroatoms. The van der Waals surface area contributed by atoms with Gasteiger partial charge in [0.05, 0.1) is 25.2 Å². The lowest BCUT2D eigenvalue weighted by Gasteiger charge is -2.24. The van der Waals surface area contributed by atoms with E-state index in [-0.39, 0.29) is 24.9 Å². The first-order chi connectivity index (χ1) is 30.5. The van der Waals surface area contributed by atoms with Crippen molar-refractivity contribution >= 4 is 11.9 Å². The average Bonchev–Trinajstić information content (AvgIpc) is 3.26. The minimum Gasteiger partial charge on any atom is -0.462 e. The Hall–Kier alpha value is -1.66. The second kappa shape index (κ2) is 50.3. The summed E-state index contributed by atoms with van der Waals surface area (Å²) in [6.07, 6.45) is 58.2. The molecule has 0 fully saturated rings. The topological polar surface area (TPSA) is 95.9 Å². The van der Waals surface area contributed by atoms with E-state index in [4.69, 9.17) is 4.74 Å². The monoisotopic (exact) mass is 874 g/mol. The van der Waals surface area contributed by atoms with Crippen LogP contribution in [0.15, 0.2) is 24.3 Å². The molecule has 1 amide bonds. The molecule has 0 rings (SSSR count). The van der Waals surface area contributed by atoms with Crippen LogP contribution in [0.3, 0.4) is 0 Å². The summed E-state index contributed by atoms with van der Waals surface area (Å²) in [7, 11) is 0. The van der Waals surface area contributed by atoms with Gasteiger partial charge in [-0.15, -0.1) is 0 Å². The Labute approximate surface area is 386 Å². The van der Waals surface area contributed by atoms with Gasteiger partial charge >= 0.3 is 5.97 Å². The molecule has 0 spiro atoms. The highest BCUT2D eigenvalue weighted by Gasteiger charge is 2.24. The Morgan fingerprint density at radius 2 is 0.823 bits per heavy atom. The number of unbranched alkanes of at least 4 members (excludes halogenated alkanes) is 34. The molecule has 0 aromatic rings. The van der Waals surface area contributed by atoms with Crippen LogP contribution in [0.1, 0.15) is 297 Å². The summed E-state index contributed by atoms with van der Waals surface area (Å²) in [6.45, 7) is 6.47. The molecule has 0 saturated carbocycles. The summed E-state index contributed by atoms with van der Waals surface area (Å²) in [5.74, 6) is -0.466. The number of carbonyl (C=O) groups excluding carboxylic acids is 2. The van der Waals surface area contributed by atoms with Gasteiger partial charge in [-0.1, -0.05) is 251 Å². The van der Waals surface area contributed by atoms with Gasteiger partial charge in [0.1, 0.15) is 6.10 Å². The molecule has 3 unspecified atom stereocenters. The lowest BCUT2D eigenvalue weighted by atomic mass is 10.0. The SMILES string of the molecule is CCCCC/C=C\C/C=C\CCCCCCCCCC(=O)OC(CCCCCCCCCCCCCCCCCCC)CC(=O)NC(CO)C(O)CCCCCCCCCCC. The van der Waals surface area contributed by atoms with Crippen molar-refractivity contribution in [2.45, 2.75) is 315 Å². The number of aliphatic hydroxyl groups is 2. The van der Waals surface area contributed by atoms with E-state index in [9.17, 15) is 19.8 Å². The van der Waals surface area contributed by atoms with Gasteiger partial charge in [0.25, 0.3) is 0 Å². The fourth-order valence-corrected chi connectivity index (χ4v) is 8.58. The van der Waals surface area contributed by atoms with Crippen LogP contribution in [0.25, 0.3) is 0 Å². The van der Waals surface area contributed by atoms with Crippen LogP contribution in [-0.2, 0) is 14.3 Å². The molecule has 6 nitrogen and oxygen atoms in total.